The number of hydrogen-bond acceptors (Lipinski definition) is 5. The number of rotatable bonds is 5. The smallest absolute Gasteiger partial charge is 0.252 e. The van der Waals surface area contributed by atoms with Gasteiger partial charge in [-0.25, -0.2) is 4.68 Å². The molecule has 1 aliphatic heterocycles. The lowest BCUT2D eigenvalue weighted by molar-refractivity contribution is -0.119. The lowest BCUT2D eigenvalue weighted by atomic mass is 9.93. The minimum absolute atomic E-state index is 0.0215. The first kappa shape index (κ1) is 17.2. The van der Waals surface area contributed by atoms with Crippen molar-refractivity contribution >= 4 is 17.8 Å². The quantitative estimate of drug-likeness (QED) is 0.728. The summed E-state index contributed by atoms with van der Waals surface area (Å²) >= 11 is 0. The van der Waals surface area contributed by atoms with Crippen LogP contribution in [-0.2, 0) is 9.53 Å². The summed E-state index contributed by atoms with van der Waals surface area (Å²) in [5.41, 5.74) is 2.35. The number of aromatic nitrogens is 3. The zero-order valence-electron chi connectivity index (χ0n) is 15.0. The largest absolute Gasteiger partial charge is 0.375 e. The number of benzene rings is 2. The van der Waals surface area contributed by atoms with Crippen LogP contribution in [0.5, 0.6) is 0 Å². The Bertz CT molecular complexity index is 911. The normalized spacial score (nSPS) is 18.4. The number of nitrogens with one attached hydrogen (secondary N) is 2. The molecule has 4 rings (SSSR count). The number of carbonyl (C=O) groups is 1. The molecule has 0 radical (unpaired) electrons. The van der Waals surface area contributed by atoms with Crippen molar-refractivity contribution in [2.75, 3.05) is 24.4 Å². The van der Waals surface area contributed by atoms with Crippen LogP contribution in [0.4, 0.5) is 11.9 Å². The van der Waals surface area contributed by atoms with Gasteiger partial charge in [-0.3, -0.25) is 10.1 Å². The molecule has 2 unspecified atom stereocenters. The molecule has 2 aromatic carbocycles. The Balaban J connectivity index is 1.69. The first-order valence-electron chi connectivity index (χ1n) is 8.86. The third-order valence-electron chi connectivity index (χ3n) is 4.60. The molecule has 0 fully saturated rings. The Morgan fingerprint density at radius 2 is 1.81 bits per heavy atom. The molecule has 0 spiro atoms. The molecule has 3 aromatic rings. The van der Waals surface area contributed by atoms with Gasteiger partial charge in [-0.1, -0.05) is 60.7 Å². The fraction of sp³-hybridized carbons (Fsp3) is 0.250. The average molecular weight is 363 g/mol. The molecule has 0 aliphatic carbocycles. The van der Waals surface area contributed by atoms with Crippen molar-refractivity contribution < 1.29 is 9.53 Å². The minimum atomic E-state index is -0.281. The zero-order chi connectivity index (χ0) is 18.6. The van der Waals surface area contributed by atoms with Gasteiger partial charge in [0.2, 0.25) is 5.95 Å². The zero-order valence-corrected chi connectivity index (χ0v) is 15.0. The van der Waals surface area contributed by atoms with Gasteiger partial charge < -0.3 is 10.1 Å². The molecule has 7 heteroatoms. The predicted octanol–water partition coefficient (Wildman–Crippen LogP) is 3.01. The maximum absolute atomic E-state index is 11.8. The summed E-state index contributed by atoms with van der Waals surface area (Å²) in [7, 11) is 1.47. The van der Waals surface area contributed by atoms with Gasteiger partial charge in [0.1, 0.15) is 6.61 Å². The van der Waals surface area contributed by atoms with E-state index < -0.39 is 0 Å². The second-order valence-electron chi connectivity index (χ2n) is 6.45. The van der Waals surface area contributed by atoms with Crippen LogP contribution in [0, 0.1) is 0 Å². The first-order chi connectivity index (χ1) is 13.2. The molecule has 27 heavy (non-hydrogen) atoms. The lowest BCUT2D eigenvalue weighted by Gasteiger charge is -2.31. The van der Waals surface area contributed by atoms with Crippen LogP contribution in [0.3, 0.4) is 0 Å². The topological polar surface area (TPSA) is 81.1 Å². The minimum Gasteiger partial charge on any atom is -0.375 e. The molecular formula is C20H21N5O2. The number of methoxy groups -OCH3 is 1. The lowest BCUT2D eigenvalue weighted by Crippen LogP contribution is -2.28. The summed E-state index contributed by atoms with van der Waals surface area (Å²) < 4.78 is 6.70. The van der Waals surface area contributed by atoms with Gasteiger partial charge in [-0.05, 0) is 17.5 Å². The Morgan fingerprint density at radius 3 is 2.48 bits per heavy atom. The molecule has 138 valence electrons. The Labute approximate surface area is 157 Å². The summed E-state index contributed by atoms with van der Waals surface area (Å²) in [5, 5.41) is 10.6. The van der Waals surface area contributed by atoms with Crippen LogP contribution in [0.25, 0.3) is 0 Å². The molecule has 0 bridgehead atoms. The monoisotopic (exact) mass is 363 g/mol. The highest BCUT2D eigenvalue weighted by Gasteiger charge is 2.31. The number of fused-ring (bicyclic) bond motifs is 1. The van der Waals surface area contributed by atoms with Crippen molar-refractivity contribution in [2.45, 2.75) is 18.5 Å². The molecule has 1 amide bonds. The summed E-state index contributed by atoms with van der Waals surface area (Å²) in [4.78, 5) is 16.3. The van der Waals surface area contributed by atoms with Crippen LogP contribution in [0.15, 0.2) is 60.7 Å². The van der Waals surface area contributed by atoms with Crippen molar-refractivity contribution in [3.05, 3.63) is 71.8 Å². The molecule has 1 aliphatic rings. The van der Waals surface area contributed by atoms with E-state index in [1.165, 1.54) is 12.7 Å². The number of amides is 1. The first-order valence-corrected chi connectivity index (χ1v) is 8.86. The summed E-state index contributed by atoms with van der Waals surface area (Å²) in [6.07, 6.45) is 0.829. The van der Waals surface area contributed by atoms with Crippen LogP contribution in [0.1, 0.15) is 29.6 Å². The van der Waals surface area contributed by atoms with Crippen molar-refractivity contribution in [3.63, 3.8) is 0 Å². The summed E-state index contributed by atoms with van der Waals surface area (Å²) in [5.74, 6) is 0.627. The van der Waals surface area contributed by atoms with Gasteiger partial charge in [0.15, 0.2) is 0 Å². The molecular weight excluding hydrogens is 342 g/mol. The Hall–Kier alpha value is -3.19. The number of nitrogens with zero attached hydrogens (tertiary/aromatic N) is 3. The third-order valence-corrected chi connectivity index (χ3v) is 4.60. The molecule has 0 saturated heterocycles. The predicted molar refractivity (Wildman–Crippen MR) is 103 cm³/mol. The van der Waals surface area contributed by atoms with Crippen molar-refractivity contribution in [2.24, 2.45) is 0 Å². The number of hydrogen-bond donors (Lipinski definition) is 2. The van der Waals surface area contributed by atoms with Crippen molar-refractivity contribution in [1.29, 1.82) is 0 Å². The van der Waals surface area contributed by atoms with E-state index in [9.17, 15) is 4.79 Å². The molecule has 1 aromatic heterocycles. The van der Waals surface area contributed by atoms with Crippen LogP contribution < -0.4 is 10.6 Å². The number of anilines is 2. The second-order valence-corrected chi connectivity index (χ2v) is 6.45. The Kier molecular flexibility index (Phi) is 4.84. The highest BCUT2D eigenvalue weighted by Crippen LogP contribution is 2.38. The van der Waals surface area contributed by atoms with Gasteiger partial charge in [0, 0.05) is 7.11 Å². The summed E-state index contributed by atoms with van der Waals surface area (Å²) in [6, 6.07) is 20.6. The average Bonchev–Trinajstić information content (AvgIpc) is 3.11. The molecule has 2 atom stereocenters. The molecule has 2 heterocycles. The van der Waals surface area contributed by atoms with Gasteiger partial charge in [-0.2, -0.15) is 4.98 Å². The number of ether oxygens (including phenoxy) is 1. The number of carbonyl (C=O) groups excluding carboxylic acids is 1. The van der Waals surface area contributed by atoms with Crippen LogP contribution >= 0.6 is 0 Å². The standard InChI is InChI=1S/C20H21N5O2/c1-27-13-18(26)22-19-23-20-21-16(14-8-4-2-5-9-14)12-17(25(20)24-19)15-10-6-3-7-11-15/h2-11,16-17H,12-13H2,1H3,(H2,21,22,23,24,26). The highest BCUT2D eigenvalue weighted by atomic mass is 16.5. The maximum atomic E-state index is 11.8. The van der Waals surface area contributed by atoms with E-state index in [2.05, 4.69) is 45.0 Å². The van der Waals surface area contributed by atoms with Crippen molar-refractivity contribution in [3.8, 4) is 0 Å². The summed E-state index contributed by atoms with van der Waals surface area (Å²) in [6.45, 7) is -0.0357. The van der Waals surface area contributed by atoms with Gasteiger partial charge in [-0.15, -0.1) is 5.10 Å². The van der Waals surface area contributed by atoms with E-state index in [1.54, 1.807) is 0 Å². The van der Waals surface area contributed by atoms with Crippen LogP contribution in [-0.4, -0.2) is 34.4 Å². The van der Waals surface area contributed by atoms with Gasteiger partial charge in [0.05, 0.1) is 12.1 Å². The SMILES string of the molecule is COCC(=O)Nc1nc2n(n1)C(c1ccccc1)CC(c1ccccc1)N2. The fourth-order valence-electron chi connectivity index (χ4n) is 3.38. The molecule has 2 N–H and O–H groups in total. The van der Waals surface area contributed by atoms with Gasteiger partial charge >= 0.3 is 0 Å². The molecule has 0 saturated carbocycles. The van der Waals surface area contributed by atoms with E-state index in [0.717, 1.165) is 12.0 Å². The second kappa shape index (κ2) is 7.59. The Morgan fingerprint density at radius 1 is 1.15 bits per heavy atom. The third kappa shape index (κ3) is 3.68. The highest BCUT2D eigenvalue weighted by molar-refractivity contribution is 5.90. The molecule has 7 nitrogen and oxygen atoms in total. The van der Waals surface area contributed by atoms with Crippen LogP contribution in [0.2, 0.25) is 0 Å². The van der Waals surface area contributed by atoms with Gasteiger partial charge in [0.25, 0.3) is 11.9 Å². The van der Waals surface area contributed by atoms with E-state index >= 15 is 0 Å². The van der Waals surface area contributed by atoms with E-state index in [1.807, 2.05) is 41.1 Å². The fourth-order valence-corrected chi connectivity index (χ4v) is 3.38. The van der Waals surface area contributed by atoms with E-state index in [-0.39, 0.29) is 30.5 Å². The van der Waals surface area contributed by atoms with E-state index in [0.29, 0.717) is 5.95 Å². The van der Waals surface area contributed by atoms with Crippen molar-refractivity contribution in [1.82, 2.24) is 14.8 Å². The maximum Gasteiger partial charge on any atom is 0.252 e. The van der Waals surface area contributed by atoms with E-state index in [4.69, 9.17) is 4.74 Å².